The Balaban J connectivity index is 1.24. The van der Waals surface area contributed by atoms with Crippen LogP contribution in [-0.2, 0) is 16.1 Å². The van der Waals surface area contributed by atoms with Crippen LogP contribution in [0.3, 0.4) is 0 Å². The molecule has 0 aromatic heterocycles. The SMILES string of the molecule is O=C(C[C@H]1C(=O)NCCN1Cc1ccccc1F)NCC1CCN(C2CCCC2)CC1. The number of carbonyl (C=O) groups is 2. The number of hydrogen-bond acceptors (Lipinski definition) is 4. The predicted octanol–water partition coefficient (Wildman–Crippen LogP) is 2.29. The Hall–Kier alpha value is -1.99. The first-order valence-electron chi connectivity index (χ1n) is 11.9. The molecule has 1 aromatic carbocycles. The van der Waals surface area contributed by atoms with E-state index in [4.69, 9.17) is 0 Å². The highest BCUT2D eigenvalue weighted by Gasteiger charge is 2.32. The van der Waals surface area contributed by atoms with Crippen LogP contribution in [0.5, 0.6) is 0 Å². The number of piperidine rings is 1. The zero-order valence-electron chi connectivity index (χ0n) is 18.3. The van der Waals surface area contributed by atoms with Crippen molar-refractivity contribution in [1.82, 2.24) is 20.4 Å². The fourth-order valence-electron chi connectivity index (χ4n) is 5.32. The Morgan fingerprint density at radius 2 is 1.84 bits per heavy atom. The van der Waals surface area contributed by atoms with E-state index in [1.807, 2.05) is 4.90 Å². The molecule has 6 nitrogen and oxygen atoms in total. The molecule has 2 heterocycles. The number of halogens is 1. The van der Waals surface area contributed by atoms with Gasteiger partial charge in [0.05, 0.1) is 12.5 Å². The molecule has 1 aliphatic carbocycles. The summed E-state index contributed by atoms with van der Waals surface area (Å²) in [4.78, 5) is 29.6. The normalized spacial score (nSPS) is 24.3. The van der Waals surface area contributed by atoms with Crippen molar-refractivity contribution in [2.24, 2.45) is 5.92 Å². The van der Waals surface area contributed by atoms with Gasteiger partial charge in [-0.3, -0.25) is 14.5 Å². The average Bonchev–Trinajstić information content (AvgIpc) is 3.32. The zero-order valence-corrected chi connectivity index (χ0v) is 18.3. The minimum Gasteiger partial charge on any atom is -0.356 e. The van der Waals surface area contributed by atoms with Gasteiger partial charge in [-0.05, 0) is 50.8 Å². The van der Waals surface area contributed by atoms with Crippen LogP contribution in [0.4, 0.5) is 4.39 Å². The van der Waals surface area contributed by atoms with E-state index in [-0.39, 0.29) is 24.1 Å². The number of carbonyl (C=O) groups excluding carboxylic acids is 2. The van der Waals surface area contributed by atoms with Crippen LogP contribution < -0.4 is 10.6 Å². The standard InChI is InChI=1S/C24H35FN4O2/c25-21-8-4-1-5-19(21)17-29-14-11-26-24(31)22(29)15-23(30)27-16-18-9-12-28(13-10-18)20-6-2-3-7-20/h1,4-5,8,18,20,22H,2-3,6-7,9-17H2,(H,26,31)(H,27,30)/t22-/m0/s1. The van der Waals surface area contributed by atoms with Crippen LogP contribution in [0.25, 0.3) is 0 Å². The molecule has 0 unspecified atom stereocenters. The highest BCUT2D eigenvalue weighted by atomic mass is 19.1. The van der Waals surface area contributed by atoms with Gasteiger partial charge in [0, 0.05) is 37.8 Å². The molecule has 4 rings (SSSR count). The van der Waals surface area contributed by atoms with Gasteiger partial charge < -0.3 is 15.5 Å². The molecule has 2 saturated heterocycles. The summed E-state index contributed by atoms with van der Waals surface area (Å²) in [6, 6.07) is 6.83. The molecule has 31 heavy (non-hydrogen) atoms. The Morgan fingerprint density at radius 1 is 1.10 bits per heavy atom. The zero-order chi connectivity index (χ0) is 21.6. The summed E-state index contributed by atoms with van der Waals surface area (Å²) in [5, 5.41) is 5.91. The largest absolute Gasteiger partial charge is 0.356 e. The van der Waals surface area contributed by atoms with Crippen LogP contribution in [0.1, 0.15) is 50.5 Å². The first kappa shape index (κ1) is 22.2. The van der Waals surface area contributed by atoms with E-state index in [2.05, 4.69) is 15.5 Å². The van der Waals surface area contributed by atoms with E-state index in [0.29, 0.717) is 37.7 Å². The highest BCUT2D eigenvalue weighted by molar-refractivity contribution is 5.88. The number of nitrogens with one attached hydrogen (secondary N) is 2. The maximum absolute atomic E-state index is 14.1. The summed E-state index contributed by atoms with van der Waals surface area (Å²) in [6.45, 7) is 4.40. The molecule has 2 aliphatic heterocycles. The molecule has 3 aliphatic rings. The lowest BCUT2D eigenvalue weighted by Crippen LogP contribution is -2.56. The van der Waals surface area contributed by atoms with Gasteiger partial charge in [0.25, 0.3) is 0 Å². The summed E-state index contributed by atoms with van der Waals surface area (Å²) in [7, 11) is 0. The van der Waals surface area contributed by atoms with Gasteiger partial charge in [0.1, 0.15) is 5.82 Å². The Morgan fingerprint density at radius 3 is 2.58 bits per heavy atom. The second kappa shape index (κ2) is 10.6. The maximum atomic E-state index is 14.1. The van der Waals surface area contributed by atoms with Crippen LogP contribution in [-0.4, -0.2) is 66.4 Å². The van der Waals surface area contributed by atoms with Gasteiger partial charge in [-0.1, -0.05) is 31.0 Å². The molecule has 2 N–H and O–H groups in total. The Labute approximate surface area is 184 Å². The third-order valence-corrected chi connectivity index (χ3v) is 7.23. The number of likely N-dealkylation sites (tertiary alicyclic amines) is 1. The summed E-state index contributed by atoms with van der Waals surface area (Å²) in [5.74, 6) is -0.0154. The number of amides is 2. The lowest BCUT2D eigenvalue weighted by Gasteiger charge is -2.36. The first-order chi connectivity index (χ1) is 15.1. The van der Waals surface area contributed by atoms with Crippen molar-refractivity contribution in [1.29, 1.82) is 0 Å². The van der Waals surface area contributed by atoms with Crippen LogP contribution in [0.2, 0.25) is 0 Å². The molecule has 1 saturated carbocycles. The van der Waals surface area contributed by atoms with Crippen LogP contribution in [0.15, 0.2) is 24.3 Å². The second-order valence-electron chi connectivity index (χ2n) is 9.29. The van der Waals surface area contributed by atoms with Crippen LogP contribution in [0, 0.1) is 11.7 Å². The first-order valence-corrected chi connectivity index (χ1v) is 11.9. The highest BCUT2D eigenvalue weighted by Crippen LogP contribution is 2.27. The van der Waals surface area contributed by atoms with Gasteiger partial charge in [-0.25, -0.2) is 4.39 Å². The monoisotopic (exact) mass is 430 g/mol. The van der Waals surface area contributed by atoms with Crippen molar-refractivity contribution in [3.8, 4) is 0 Å². The summed E-state index contributed by atoms with van der Waals surface area (Å²) in [6.07, 6.45) is 7.77. The second-order valence-corrected chi connectivity index (χ2v) is 9.29. The molecule has 3 fully saturated rings. The van der Waals surface area contributed by atoms with Gasteiger partial charge in [-0.15, -0.1) is 0 Å². The fourth-order valence-corrected chi connectivity index (χ4v) is 5.32. The van der Waals surface area contributed by atoms with E-state index in [9.17, 15) is 14.0 Å². The van der Waals surface area contributed by atoms with Crippen molar-refractivity contribution in [3.63, 3.8) is 0 Å². The number of rotatable bonds is 7. The predicted molar refractivity (Wildman–Crippen MR) is 118 cm³/mol. The summed E-state index contributed by atoms with van der Waals surface area (Å²) < 4.78 is 14.1. The number of piperazine rings is 1. The summed E-state index contributed by atoms with van der Waals surface area (Å²) >= 11 is 0. The molecule has 1 aromatic rings. The fraction of sp³-hybridized carbons (Fsp3) is 0.667. The smallest absolute Gasteiger partial charge is 0.237 e. The van der Waals surface area contributed by atoms with Crippen molar-refractivity contribution in [2.75, 3.05) is 32.7 Å². The Kier molecular flexibility index (Phi) is 7.56. The molecule has 2 amide bonds. The van der Waals surface area contributed by atoms with Gasteiger partial charge in [-0.2, -0.15) is 0 Å². The van der Waals surface area contributed by atoms with Gasteiger partial charge in [0.15, 0.2) is 0 Å². The quantitative estimate of drug-likeness (QED) is 0.697. The van der Waals surface area contributed by atoms with E-state index in [1.165, 1.54) is 31.7 Å². The minimum atomic E-state index is -0.558. The Bertz CT molecular complexity index is 760. The maximum Gasteiger partial charge on any atom is 0.237 e. The number of nitrogens with zero attached hydrogens (tertiary/aromatic N) is 2. The van der Waals surface area contributed by atoms with E-state index < -0.39 is 6.04 Å². The van der Waals surface area contributed by atoms with Crippen molar-refractivity contribution >= 4 is 11.8 Å². The van der Waals surface area contributed by atoms with Crippen molar-refractivity contribution in [2.45, 2.75) is 63.6 Å². The van der Waals surface area contributed by atoms with Gasteiger partial charge >= 0.3 is 0 Å². The molecule has 0 radical (unpaired) electrons. The topological polar surface area (TPSA) is 64.7 Å². The molecular weight excluding hydrogens is 395 g/mol. The third-order valence-electron chi connectivity index (χ3n) is 7.23. The van der Waals surface area contributed by atoms with Crippen molar-refractivity contribution in [3.05, 3.63) is 35.6 Å². The molecule has 0 bridgehead atoms. The average molecular weight is 431 g/mol. The minimum absolute atomic E-state index is 0.0983. The van der Waals surface area contributed by atoms with Gasteiger partial charge in [0.2, 0.25) is 11.8 Å². The van der Waals surface area contributed by atoms with E-state index in [0.717, 1.165) is 32.0 Å². The van der Waals surface area contributed by atoms with Crippen molar-refractivity contribution < 1.29 is 14.0 Å². The molecule has 1 atom stereocenters. The molecule has 7 heteroatoms. The third kappa shape index (κ3) is 5.83. The van der Waals surface area contributed by atoms with Crippen LogP contribution >= 0.6 is 0 Å². The molecular formula is C24H35FN4O2. The van der Waals surface area contributed by atoms with E-state index >= 15 is 0 Å². The number of benzene rings is 1. The molecule has 170 valence electrons. The lowest BCUT2D eigenvalue weighted by atomic mass is 9.95. The van der Waals surface area contributed by atoms with E-state index in [1.54, 1.807) is 18.2 Å². The summed E-state index contributed by atoms with van der Waals surface area (Å²) in [5.41, 5.74) is 0.552. The lowest BCUT2D eigenvalue weighted by molar-refractivity contribution is -0.134. The number of hydrogen-bond donors (Lipinski definition) is 2. The molecule has 0 spiro atoms.